The molecule has 0 rings (SSSR count). The summed E-state index contributed by atoms with van der Waals surface area (Å²) in [6.07, 6.45) is 20.4. The van der Waals surface area contributed by atoms with Gasteiger partial charge in [-0.2, -0.15) is 0 Å². The second kappa shape index (κ2) is 19.5. The van der Waals surface area contributed by atoms with E-state index in [1.807, 2.05) is 0 Å². The van der Waals surface area contributed by atoms with Gasteiger partial charge in [0.2, 0.25) is 0 Å². The van der Waals surface area contributed by atoms with Gasteiger partial charge >= 0.3 is 5.97 Å². The zero-order valence-corrected chi connectivity index (χ0v) is 17.0. The summed E-state index contributed by atoms with van der Waals surface area (Å²) < 4.78 is 4.62. The van der Waals surface area contributed by atoms with E-state index < -0.39 is 0 Å². The maximum atomic E-state index is 11.8. The predicted octanol–water partition coefficient (Wildman–Crippen LogP) is 6.77. The number of carbonyl (C=O) groups is 2. The van der Waals surface area contributed by atoms with Gasteiger partial charge in [-0.15, -0.1) is 0 Å². The molecule has 0 amide bonds. The van der Waals surface area contributed by atoms with Gasteiger partial charge in [0.15, 0.2) is 0 Å². The summed E-state index contributed by atoms with van der Waals surface area (Å²) in [5.41, 5.74) is 0. The molecule has 0 N–H and O–H groups in total. The molecule has 0 saturated carbocycles. The Kier molecular flexibility index (Phi) is 18.8. The Balaban J connectivity index is 3.19. The van der Waals surface area contributed by atoms with Gasteiger partial charge in [0.1, 0.15) is 5.78 Å². The zero-order chi connectivity index (χ0) is 18.6. The topological polar surface area (TPSA) is 43.4 Å². The van der Waals surface area contributed by atoms with Gasteiger partial charge in [-0.25, -0.2) is 0 Å². The van der Waals surface area contributed by atoms with Gasteiger partial charge in [0.05, 0.1) is 7.11 Å². The second-order valence-electron chi connectivity index (χ2n) is 7.31. The molecule has 0 unspecified atom stereocenters. The van der Waals surface area contributed by atoms with Crippen LogP contribution in [0.15, 0.2) is 0 Å². The van der Waals surface area contributed by atoms with Crippen LogP contribution in [0.25, 0.3) is 0 Å². The number of rotatable bonds is 19. The number of unbranched alkanes of at least 4 members (excludes halogenated alkanes) is 13. The van der Waals surface area contributed by atoms with E-state index in [2.05, 4.69) is 11.7 Å². The van der Waals surface area contributed by atoms with Crippen molar-refractivity contribution in [2.45, 2.75) is 122 Å². The highest BCUT2D eigenvalue weighted by molar-refractivity contribution is 5.78. The third-order valence-corrected chi connectivity index (χ3v) is 4.87. The Hall–Kier alpha value is -0.860. The molecule has 0 saturated heterocycles. The predicted molar refractivity (Wildman–Crippen MR) is 106 cm³/mol. The van der Waals surface area contributed by atoms with Gasteiger partial charge in [-0.05, 0) is 19.3 Å². The molecule has 0 atom stereocenters. The van der Waals surface area contributed by atoms with Gasteiger partial charge in [-0.3, -0.25) is 9.59 Å². The van der Waals surface area contributed by atoms with Crippen LogP contribution in [0.2, 0.25) is 0 Å². The molecule has 0 aromatic heterocycles. The number of methoxy groups -OCH3 is 1. The number of hydrogen-bond donors (Lipinski definition) is 0. The molecule has 25 heavy (non-hydrogen) atoms. The Bertz CT molecular complexity index is 312. The summed E-state index contributed by atoms with van der Waals surface area (Å²) in [4.78, 5) is 22.8. The maximum absolute atomic E-state index is 11.8. The Morgan fingerprint density at radius 2 is 0.920 bits per heavy atom. The van der Waals surface area contributed by atoms with Crippen molar-refractivity contribution in [1.29, 1.82) is 0 Å². The average Bonchev–Trinajstić information content (AvgIpc) is 2.62. The first-order valence-electron chi connectivity index (χ1n) is 10.8. The second-order valence-corrected chi connectivity index (χ2v) is 7.31. The van der Waals surface area contributed by atoms with E-state index in [0.717, 1.165) is 38.5 Å². The molecule has 3 nitrogen and oxygen atoms in total. The van der Waals surface area contributed by atoms with E-state index in [1.54, 1.807) is 0 Å². The van der Waals surface area contributed by atoms with Crippen molar-refractivity contribution in [3.63, 3.8) is 0 Å². The van der Waals surface area contributed by atoms with Crippen molar-refractivity contribution < 1.29 is 14.3 Å². The fraction of sp³-hybridized carbons (Fsp3) is 0.909. The summed E-state index contributed by atoms with van der Waals surface area (Å²) in [5, 5.41) is 0. The third kappa shape index (κ3) is 19.3. The largest absolute Gasteiger partial charge is 0.469 e. The van der Waals surface area contributed by atoms with E-state index in [9.17, 15) is 9.59 Å². The fourth-order valence-corrected chi connectivity index (χ4v) is 3.16. The first-order chi connectivity index (χ1) is 12.2. The Morgan fingerprint density at radius 3 is 1.32 bits per heavy atom. The van der Waals surface area contributed by atoms with Crippen LogP contribution in [0.1, 0.15) is 122 Å². The van der Waals surface area contributed by atoms with Crippen LogP contribution in [0.5, 0.6) is 0 Å². The van der Waals surface area contributed by atoms with E-state index in [4.69, 9.17) is 0 Å². The first kappa shape index (κ1) is 24.1. The fourth-order valence-electron chi connectivity index (χ4n) is 3.16. The molecule has 0 fully saturated rings. The summed E-state index contributed by atoms with van der Waals surface area (Å²) in [6, 6.07) is 0. The molecular weight excluding hydrogens is 312 g/mol. The number of ketones is 1. The van der Waals surface area contributed by atoms with Crippen molar-refractivity contribution in [1.82, 2.24) is 0 Å². The van der Waals surface area contributed by atoms with Crippen molar-refractivity contribution in [2.24, 2.45) is 0 Å². The minimum atomic E-state index is -0.102. The van der Waals surface area contributed by atoms with Gasteiger partial charge < -0.3 is 4.74 Å². The quantitative estimate of drug-likeness (QED) is 0.190. The van der Waals surface area contributed by atoms with Crippen molar-refractivity contribution >= 4 is 11.8 Å². The molecule has 0 spiro atoms. The lowest BCUT2D eigenvalue weighted by molar-refractivity contribution is -0.140. The van der Waals surface area contributed by atoms with Crippen molar-refractivity contribution in [2.75, 3.05) is 7.11 Å². The third-order valence-electron chi connectivity index (χ3n) is 4.87. The smallest absolute Gasteiger partial charge is 0.305 e. The molecule has 0 aliphatic carbocycles. The number of ether oxygens (including phenoxy) is 1. The number of esters is 1. The lowest BCUT2D eigenvalue weighted by Crippen LogP contribution is -1.99. The van der Waals surface area contributed by atoms with Crippen molar-refractivity contribution in [3.05, 3.63) is 0 Å². The molecule has 0 radical (unpaired) electrons. The Labute approximate surface area is 156 Å². The first-order valence-corrected chi connectivity index (χ1v) is 10.8. The number of hydrogen-bond acceptors (Lipinski definition) is 3. The van der Waals surface area contributed by atoms with Crippen LogP contribution in [0.4, 0.5) is 0 Å². The van der Waals surface area contributed by atoms with Crippen LogP contribution in [0.3, 0.4) is 0 Å². The lowest BCUT2D eigenvalue weighted by Gasteiger charge is -2.03. The molecule has 0 heterocycles. The highest BCUT2D eigenvalue weighted by Crippen LogP contribution is 2.13. The van der Waals surface area contributed by atoms with E-state index in [1.165, 1.54) is 77.7 Å². The van der Waals surface area contributed by atoms with E-state index in [-0.39, 0.29) is 5.97 Å². The standard InChI is InChI=1S/C22H42O3/c1-3-4-5-6-7-9-12-15-18-21(23)19-16-13-10-8-11-14-17-20-22(24)25-2/h3-20H2,1-2H3. The minimum Gasteiger partial charge on any atom is -0.469 e. The molecule has 0 aliphatic rings. The molecule has 0 bridgehead atoms. The number of carbonyl (C=O) groups excluding carboxylic acids is 2. The zero-order valence-electron chi connectivity index (χ0n) is 17.0. The molecular formula is C22H42O3. The van der Waals surface area contributed by atoms with Gasteiger partial charge in [0, 0.05) is 19.3 Å². The normalized spacial score (nSPS) is 10.8. The van der Waals surface area contributed by atoms with Crippen LogP contribution in [0, 0.1) is 0 Å². The van der Waals surface area contributed by atoms with Gasteiger partial charge in [-0.1, -0.05) is 84.0 Å². The monoisotopic (exact) mass is 354 g/mol. The summed E-state index contributed by atoms with van der Waals surface area (Å²) in [7, 11) is 1.44. The highest BCUT2D eigenvalue weighted by atomic mass is 16.5. The van der Waals surface area contributed by atoms with Crippen molar-refractivity contribution in [3.8, 4) is 0 Å². The van der Waals surface area contributed by atoms with Crippen LogP contribution in [-0.4, -0.2) is 18.9 Å². The average molecular weight is 355 g/mol. The highest BCUT2D eigenvalue weighted by Gasteiger charge is 2.02. The molecule has 148 valence electrons. The van der Waals surface area contributed by atoms with Crippen LogP contribution < -0.4 is 0 Å². The summed E-state index contributed by atoms with van der Waals surface area (Å²) in [6.45, 7) is 2.25. The number of Topliss-reactive ketones (excluding diaryl/α,β-unsaturated/α-hetero) is 1. The van der Waals surface area contributed by atoms with E-state index >= 15 is 0 Å². The Morgan fingerprint density at radius 1 is 0.560 bits per heavy atom. The van der Waals surface area contributed by atoms with E-state index in [0.29, 0.717) is 12.2 Å². The van der Waals surface area contributed by atoms with Crippen LogP contribution >= 0.6 is 0 Å². The summed E-state index contributed by atoms with van der Waals surface area (Å²) in [5.74, 6) is 0.360. The maximum Gasteiger partial charge on any atom is 0.305 e. The molecule has 0 aromatic carbocycles. The minimum absolute atomic E-state index is 0.102. The summed E-state index contributed by atoms with van der Waals surface area (Å²) >= 11 is 0. The SMILES string of the molecule is CCCCCCCCCCC(=O)CCCCCCCCCC(=O)OC. The van der Waals surface area contributed by atoms with Crippen LogP contribution in [-0.2, 0) is 14.3 Å². The van der Waals surface area contributed by atoms with Gasteiger partial charge in [0.25, 0.3) is 0 Å². The molecule has 0 aromatic rings. The molecule has 0 aliphatic heterocycles. The lowest BCUT2D eigenvalue weighted by atomic mass is 10.0. The molecule has 3 heteroatoms.